The van der Waals surface area contributed by atoms with Gasteiger partial charge in [-0.1, -0.05) is 74.1 Å². The molecule has 0 spiro atoms. The highest BCUT2D eigenvalue weighted by Crippen LogP contribution is 2.37. The van der Waals surface area contributed by atoms with Crippen LogP contribution in [0.25, 0.3) is 16.0 Å². The Hall–Kier alpha value is -3.47. The molecule has 0 fully saturated rings. The molecule has 4 heterocycles. The number of aryl methyl sites for hydroxylation is 2. The lowest BCUT2D eigenvalue weighted by molar-refractivity contribution is -0.115. The number of rotatable bonds is 8. The lowest BCUT2D eigenvalue weighted by Gasteiger charge is -2.26. The van der Waals surface area contributed by atoms with Gasteiger partial charge in [-0.25, -0.2) is 4.40 Å². The average molecular weight is 574 g/mol. The number of fused-ring (bicyclic) bond motifs is 5. The van der Waals surface area contributed by atoms with Gasteiger partial charge in [0.1, 0.15) is 4.83 Å². The van der Waals surface area contributed by atoms with E-state index in [1.807, 2.05) is 52.9 Å². The van der Waals surface area contributed by atoms with Crippen LogP contribution in [0.3, 0.4) is 0 Å². The Morgan fingerprint density at radius 2 is 1.85 bits per heavy atom. The molecule has 1 aliphatic heterocycles. The highest BCUT2D eigenvalue weighted by atomic mass is 32.2. The van der Waals surface area contributed by atoms with Crippen LogP contribution in [0.15, 0.2) is 70.6 Å². The predicted octanol–water partition coefficient (Wildman–Crippen LogP) is 5.20. The van der Waals surface area contributed by atoms with Gasteiger partial charge in [0, 0.05) is 30.6 Å². The maximum atomic E-state index is 14.1. The number of amides is 1. The van der Waals surface area contributed by atoms with Crippen LogP contribution in [0.4, 0.5) is 5.69 Å². The average Bonchev–Trinajstić information content (AvgIpc) is 3.57. The summed E-state index contributed by atoms with van der Waals surface area (Å²) in [5.41, 5.74) is 3.03. The molecule has 5 aromatic rings. The standard InChI is InChI=1S/C30H31N5O3S2/c1-19(2)23-16-22-24(17-38-23)40-28-26(22)27(37)34(15-14-20-10-6-4-7-11-20)29-31-32-30(35(28)29)39-18-25(36)33(3)21-12-8-5-9-13-21/h4-13,19,23H,14-18H2,1-3H3. The van der Waals surface area contributed by atoms with Crippen molar-refractivity contribution < 1.29 is 9.53 Å². The number of thioether (sulfide) groups is 1. The van der Waals surface area contributed by atoms with Crippen LogP contribution < -0.4 is 10.5 Å². The van der Waals surface area contributed by atoms with E-state index in [1.165, 1.54) is 11.8 Å². The van der Waals surface area contributed by atoms with E-state index in [0.717, 1.165) is 31.9 Å². The minimum Gasteiger partial charge on any atom is -0.372 e. The lowest BCUT2D eigenvalue weighted by Crippen LogP contribution is -2.29. The Morgan fingerprint density at radius 1 is 1.12 bits per heavy atom. The second kappa shape index (κ2) is 11.2. The highest BCUT2D eigenvalue weighted by Gasteiger charge is 2.30. The molecule has 40 heavy (non-hydrogen) atoms. The van der Waals surface area contributed by atoms with E-state index in [2.05, 4.69) is 36.2 Å². The zero-order chi connectivity index (χ0) is 27.8. The quantitative estimate of drug-likeness (QED) is 0.237. The van der Waals surface area contributed by atoms with Crippen LogP contribution in [-0.2, 0) is 35.5 Å². The Kier molecular flexibility index (Phi) is 7.48. The summed E-state index contributed by atoms with van der Waals surface area (Å²) in [4.78, 5) is 30.7. The van der Waals surface area contributed by atoms with Crippen molar-refractivity contribution in [1.29, 1.82) is 0 Å². The maximum absolute atomic E-state index is 14.1. The Bertz CT molecular complexity index is 1730. The summed E-state index contributed by atoms with van der Waals surface area (Å²) in [5.74, 6) is 1.00. The van der Waals surface area contributed by atoms with Crippen molar-refractivity contribution >= 4 is 50.7 Å². The number of hydrogen-bond donors (Lipinski definition) is 0. The zero-order valence-corrected chi connectivity index (χ0v) is 24.4. The Balaban J connectivity index is 1.41. The van der Waals surface area contributed by atoms with E-state index < -0.39 is 0 Å². The van der Waals surface area contributed by atoms with E-state index in [9.17, 15) is 9.59 Å². The highest BCUT2D eigenvalue weighted by molar-refractivity contribution is 7.99. The monoisotopic (exact) mass is 573 g/mol. The number of aromatic nitrogens is 4. The van der Waals surface area contributed by atoms with Crippen molar-refractivity contribution in [3.63, 3.8) is 0 Å². The lowest BCUT2D eigenvalue weighted by atomic mass is 9.96. The first-order valence-corrected chi connectivity index (χ1v) is 15.2. The van der Waals surface area contributed by atoms with Gasteiger partial charge in [-0.2, -0.15) is 0 Å². The van der Waals surface area contributed by atoms with Crippen molar-refractivity contribution in [3.8, 4) is 0 Å². The topological polar surface area (TPSA) is 81.7 Å². The largest absolute Gasteiger partial charge is 0.372 e. The van der Waals surface area contributed by atoms with Crippen molar-refractivity contribution in [1.82, 2.24) is 19.2 Å². The number of nitrogens with zero attached hydrogens (tertiary/aromatic N) is 5. The summed E-state index contributed by atoms with van der Waals surface area (Å²) in [5, 5.41) is 10.3. The van der Waals surface area contributed by atoms with Crippen LogP contribution in [0.2, 0.25) is 0 Å². The number of ether oxygens (including phenoxy) is 1. The third-order valence-electron chi connectivity index (χ3n) is 7.48. The number of anilines is 1. The molecule has 206 valence electrons. The molecule has 6 rings (SSSR count). The third-order valence-corrected chi connectivity index (χ3v) is 9.58. The second-order valence-electron chi connectivity index (χ2n) is 10.4. The van der Waals surface area contributed by atoms with Gasteiger partial charge in [0.15, 0.2) is 5.16 Å². The number of hydrogen-bond acceptors (Lipinski definition) is 7. The van der Waals surface area contributed by atoms with Gasteiger partial charge in [0.25, 0.3) is 5.56 Å². The molecule has 0 saturated heterocycles. The van der Waals surface area contributed by atoms with E-state index in [1.54, 1.807) is 27.9 Å². The number of thiophene rings is 1. The van der Waals surface area contributed by atoms with Crippen LogP contribution in [-0.4, -0.2) is 44.0 Å². The molecule has 1 atom stereocenters. The summed E-state index contributed by atoms with van der Waals surface area (Å²) in [6.07, 6.45) is 1.47. The molecule has 1 unspecified atom stereocenters. The fraction of sp³-hybridized carbons (Fsp3) is 0.333. The summed E-state index contributed by atoms with van der Waals surface area (Å²) >= 11 is 2.91. The van der Waals surface area contributed by atoms with Gasteiger partial charge in [-0.15, -0.1) is 21.5 Å². The van der Waals surface area contributed by atoms with E-state index in [0.29, 0.717) is 42.8 Å². The SMILES string of the molecule is CC(C)C1Cc2c(sc3c2c(=O)n(CCc2ccccc2)c2nnc(SCC(=O)N(C)c4ccccc4)n32)CO1. The molecule has 0 N–H and O–H groups in total. The van der Waals surface area contributed by atoms with Crippen molar-refractivity contribution in [2.75, 3.05) is 17.7 Å². The molecule has 10 heteroatoms. The number of benzene rings is 2. The molecule has 2 aromatic carbocycles. The van der Waals surface area contributed by atoms with Crippen LogP contribution in [0, 0.1) is 5.92 Å². The predicted molar refractivity (Wildman–Crippen MR) is 160 cm³/mol. The molecule has 8 nitrogen and oxygen atoms in total. The minimum atomic E-state index is -0.0414. The smallest absolute Gasteiger partial charge is 0.263 e. The van der Waals surface area contributed by atoms with Gasteiger partial charge >= 0.3 is 0 Å². The first-order valence-electron chi connectivity index (χ1n) is 13.4. The fourth-order valence-electron chi connectivity index (χ4n) is 5.12. The van der Waals surface area contributed by atoms with Gasteiger partial charge in [0.05, 0.1) is 23.8 Å². The molecular formula is C30H31N5O3S2. The molecule has 0 bridgehead atoms. The molecule has 1 amide bonds. The second-order valence-corrected chi connectivity index (χ2v) is 12.4. The third kappa shape index (κ3) is 4.95. The summed E-state index contributed by atoms with van der Waals surface area (Å²) in [6, 6.07) is 19.7. The van der Waals surface area contributed by atoms with Crippen LogP contribution in [0.5, 0.6) is 0 Å². The first-order chi connectivity index (χ1) is 19.4. The normalized spacial score (nSPS) is 15.2. The van der Waals surface area contributed by atoms with Gasteiger partial charge in [0.2, 0.25) is 11.7 Å². The minimum absolute atomic E-state index is 0.0378. The number of para-hydroxylation sites is 1. The Labute approximate surface area is 240 Å². The molecule has 0 radical (unpaired) electrons. The molecule has 1 aliphatic rings. The number of carbonyl (C=O) groups is 1. The van der Waals surface area contributed by atoms with E-state index in [-0.39, 0.29) is 23.3 Å². The molecule has 0 aliphatic carbocycles. The van der Waals surface area contributed by atoms with Crippen molar-refractivity contribution in [2.24, 2.45) is 5.92 Å². The summed E-state index contributed by atoms with van der Waals surface area (Å²) < 4.78 is 9.86. The maximum Gasteiger partial charge on any atom is 0.263 e. The first kappa shape index (κ1) is 26.7. The van der Waals surface area contributed by atoms with Gasteiger partial charge < -0.3 is 9.64 Å². The fourth-order valence-corrected chi connectivity index (χ4v) is 7.26. The van der Waals surface area contributed by atoms with Gasteiger partial charge in [-0.05, 0) is 35.6 Å². The molecule has 3 aromatic heterocycles. The zero-order valence-electron chi connectivity index (χ0n) is 22.7. The van der Waals surface area contributed by atoms with E-state index in [4.69, 9.17) is 4.74 Å². The van der Waals surface area contributed by atoms with Crippen molar-refractivity contribution in [2.45, 2.75) is 51.1 Å². The summed E-state index contributed by atoms with van der Waals surface area (Å²) in [6.45, 7) is 5.28. The van der Waals surface area contributed by atoms with Crippen molar-refractivity contribution in [3.05, 3.63) is 87.0 Å². The van der Waals surface area contributed by atoms with Crippen LogP contribution in [0.1, 0.15) is 29.9 Å². The number of carbonyl (C=O) groups excluding carboxylic acids is 1. The van der Waals surface area contributed by atoms with Gasteiger partial charge in [-0.3, -0.25) is 14.2 Å². The van der Waals surface area contributed by atoms with Crippen LogP contribution >= 0.6 is 23.1 Å². The van der Waals surface area contributed by atoms with E-state index >= 15 is 0 Å². The molecular weight excluding hydrogens is 542 g/mol. The summed E-state index contributed by atoms with van der Waals surface area (Å²) in [7, 11) is 1.78. The molecule has 0 saturated carbocycles. The Morgan fingerprint density at radius 3 is 2.58 bits per heavy atom.